The summed E-state index contributed by atoms with van der Waals surface area (Å²) in [5, 5.41) is 24.6. The first-order valence-electron chi connectivity index (χ1n) is 8.96. The van der Waals surface area contributed by atoms with Gasteiger partial charge in [-0.25, -0.2) is 0 Å². The second-order valence-electron chi connectivity index (χ2n) is 7.25. The lowest BCUT2D eigenvalue weighted by Crippen LogP contribution is -2.47. The van der Waals surface area contributed by atoms with Gasteiger partial charge in [0, 0.05) is 28.4 Å². The number of aromatic nitrogens is 1. The molecule has 1 amide bonds. The van der Waals surface area contributed by atoms with Gasteiger partial charge in [-0.15, -0.1) is 0 Å². The maximum absolute atomic E-state index is 12.7. The number of aliphatic hydroxyl groups is 1. The zero-order valence-corrected chi connectivity index (χ0v) is 15.7. The van der Waals surface area contributed by atoms with Crippen molar-refractivity contribution in [2.45, 2.75) is 30.9 Å². The van der Waals surface area contributed by atoms with Crippen molar-refractivity contribution in [1.82, 2.24) is 10.3 Å². The first kappa shape index (κ1) is 18.5. The van der Waals surface area contributed by atoms with Gasteiger partial charge >= 0.3 is 5.97 Å². The molecule has 4 N–H and O–H groups in total. The van der Waals surface area contributed by atoms with Crippen molar-refractivity contribution in [3.05, 3.63) is 70.4 Å². The molecular weight excluding hydrogens is 380 g/mol. The smallest absolute Gasteiger partial charge is 0.306 e. The Hall–Kier alpha value is -2.83. The van der Waals surface area contributed by atoms with Crippen LogP contribution in [0.25, 0.3) is 10.9 Å². The third-order valence-corrected chi connectivity index (χ3v) is 5.41. The van der Waals surface area contributed by atoms with E-state index in [4.69, 9.17) is 11.6 Å². The van der Waals surface area contributed by atoms with Gasteiger partial charge in [-0.3, -0.25) is 9.59 Å². The van der Waals surface area contributed by atoms with Crippen LogP contribution in [-0.4, -0.2) is 33.1 Å². The summed E-state index contributed by atoms with van der Waals surface area (Å²) in [6, 6.07) is 13.9. The van der Waals surface area contributed by atoms with Gasteiger partial charge < -0.3 is 20.5 Å². The molecule has 2 aromatic carbocycles. The molecule has 1 aliphatic rings. The van der Waals surface area contributed by atoms with E-state index in [1.165, 1.54) is 0 Å². The summed E-state index contributed by atoms with van der Waals surface area (Å²) < 4.78 is 0. The van der Waals surface area contributed by atoms with Gasteiger partial charge in [0.1, 0.15) is 11.3 Å². The van der Waals surface area contributed by atoms with E-state index in [1.54, 1.807) is 36.4 Å². The predicted octanol–water partition coefficient (Wildman–Crippen LogP) is 3.23. The maximum Gasteiger partial charge on any atom is 0.306 e. The fourth-order valence-electron chi connectivity index (χ4n) is 4.02. The maximum atomic E-state index is 12.7. The van der Waals surface area contributed by atoms with Crippen LogP contribution in [0.3, 0.4) is 0 Å². The van der Waals surface area contributed by atoms with Gasteiger partial charge in [-0.05, 0) is 41.8 Å². The van der Waals surface area contributed by atoms with Gasteiger partial charge in [-0.1, -0.05) is 35.9 Å². The van der Waals surface area contributed by atoms with Crippen LogP contribution < -0.4 is 5.32 Å². The number of fused-ring (bicyclic) bond motifs is 2. The van der Waals surface area contributed by atoms with E-state index in [1.807, 2.05) is 12.1 Å². The summed E-state index contributed by atoms with van der Waals surface area (Å²) >= 11 is 5.99. The molecule has 1 aliphatic carbocycles. The minimum Gasteiger partial charge on any atom is -0.481 e. The molecule has 0 spiro atoms. The Morgan fingerprint density at radius 3 is 2.79 bits per heavy atom. The number of halogens is 1. The van der Waals surface area contributed by atoms with Crippen molar-refractivity contribution in [3.8, 4) is 0 Å². The average molecular weight is 399 g/mol. The van der Waals surface area contributed by atoms with Crippen LogP contribution in [0, 0.1) is 0 Å². The summed E-state index contributed by atoms with van der Waals surface area (Å²) in [7, 11) is 0. The normalized spacial score (nSPS) is 21.3. The molecule has 28 heavy (non-hydrogen) atoms. The third-order valence-electron chi connectivity index (χ3n) is 5.18. The number of aromatic amines is 1. The summed E-state index contributed by atoms with van der Waals surface area (Å²) in [5.74, 6) is -1.40. The molecule has 0 saturated carbocycles. The number of nitrogens with one attached hydrogen (secondary N) is 2. The molecule has 1 heterocycles. The number of hydrogen-bond donors (Lipinski definition) is 4. The van der Waals surface area contributed by atoms with Gasteiger partial charge in [0.05, 0.1) is 6.42 Å². The average Bonchev–Trinajstić information content (AvgIpc) is 3.04. The number of amides is 1. The molecule has 0 aliphatic heterocycles. The lowest BCUT2D eigenvalue weighted by atomic mass is 9.75. The summed E-state index contributed by atoms with van der Waals surface area (Å²) in [4.78, 5) is 27.1. The Kier molecular flexibility index (Phi) is 4.61. The van der Waals surface area contributed by atoms with Crippen molar-refractivity contribution >= 4 is 34.4 Å². The lowest BCUT2D eigenvalue weighted by Gasteiger charge is -2.38. The highest BCUT2D eigenvalue weighted by Gasteiger charge is 2.40. The van der Waals surface area contributed by atoms with Crippen molar-refractivity contribution < 1.29 is 19.8 Å². The topological polar surface area (TPSA) is 102 Å². The Balaban J connectivity index is 1.59. The molecule has 6 nitrogen and oxygen atoms in total. The molecule has 4 rings (SSSR count). The Morgan fingerprint density at radius 2 is 2.00 bits per heavy atom. The summed E-state index contributed by atoms with van der Waals surface area (Å²) in [6.45, 7) is 0. The molecule has 0 radical (unpaired) electrons. The van der Waals surface area contributed by atoms with Crippen molar-refractivity contribution in [3.63, 3.8) is 0 Å². The minimum atomic E-state index is -1.52. The van der Waals surface area contributed by atoms with Gasteiger partial charge in [0.25, 0.3) is 5.91 Å². The number of aliphatic carboxylic acids is 1. The standard InChI is InChI=1S/C21H19ClN2O4/c22-14-5-6-17-13(7-14)9-18(24-17)20(27)23-15-8-12-3-1-2-4-16(12)21(28,10-15)11-19(25)26/h1-7,9,15,24,28H,8,10-11H2,(H,23,27)(H,25,26)/t15?,21-/m0/s1. The van der Waals surface area contributed by atoms with Crippen LogP contribution >= 0.6 is 11.6 Å². The quantitative estimate of drug-likeness (QED) is 0.541. The van der Waals surface area contributed by atoms with Gasteiger partial charge in [0.15, 0.2) is 0 Å². The Morgan fingerprint density at radius 1 is 1.21 bits per heavy atom. The van der Waals surface area contributed by atoms with E-state index < -0.39 is 18.0 Å². The van der Waals surface area contributed by atoms with Gasteiger partial charge in [-0.2, -0.15) is 0 Å². The number of benzene rings is 2. The minimum absolute atomic E-state index is 0.133. The first-order chi connectivity index (χ1) is 13.3. The monoisotopic (exact) mass is 398 g/mol. The number of hydrogen-bond acceptors (Lipinski definition) is 3. The molecule has 1 aromatic heterocycles. The highest BCUT2D eigenvalue weighted by atomic mass is 35.5. The number of carboxylic acids is 1. The second-order valence-corrected chi connectivity index (χ2v) is 7.69. The fraction of sp³-hybridized carbons (Fsp3) is 0.238. The number of rotatable bonds is 4. The van der Waals surface area contributed by atoms with Crippen LogP contribution in [-0.2, 0) is 16.8 Å². The first-order valence-corrected chi connectivity index (χ1v) is 9.33. The third kappa shape index (κ3) is 3.48. The molecule has 0 fully saturated rings. The van der Waals surface area contributed by atoms with Crippen LogP contribution in [0.5, 0.6) is 0 Å². The van der Waals surface area contributed by atoms with Crippen molar-refractivity contribution in [1.29, 1.82) is 0 Å². The van der Waals surface area contributed by atoms with E-state index in [9.17, 15) is 19.8 Å². The predicted molar refractivity (Wildman–Crippen MR) is 105 cm³/mol. The second kappa shape index (κ2) is 6.96. The zero-order valence-electron chi connectivity index (χ0n) is 14.9. The highest BCUT2D eigenvalue weighted by Crippen LogP contribution is 2.38. The van der Waals surface area contributed by atoms with E-state index >= 15 is 0 Å². The molecular formula is C21H19ClN2O4. The molecule has 3 aromatic rings. The summed E-state index contributed by atoms with van der Waals surface area (Å²) in [5.41, 5.74) is 1.12. The SMILES string of the molecule is O=C(O)C[C@@]1(O)CC(NC(=O)c2cc3cc(Cl)ccc3[nH]2)Cc2ccccc21. The molecule has 0 bridgehead atoms. The fourth-order valence-corrected chi connectivity index (χ4v) is 4.20. The van der Waals surface area contributed by atoms with E-state index in [-0.39, 0.29) is 18.4 Å². The summed E-state index contributed by atoms with van der Waals surface area (Å²) in [6.07, 6.45) is 0.241. The van der Waals surface area contributed by atoms with Gasteiger partial charge in [0.2, 0.25) is 0 Å². The molecule has 0 saturated heterocycles. The molecule has 1 unspecified atom stereocenters. The highest BCUT2D eigenvalue weighted by molar-refractivity contribution is 6.31. The zero-order chi connectivity index (χ0) is 19.9. The number of carboxylic acid groups (broad SMARTS) is 1. The van der Waals surface area contributed by atoms with Crippen LogP contribution in [0.2, 0.25) is 5.02 Å². The van der Waals surface area contributed by atoms with Crippen LogP contribution in [0.1, 0.15) is 34.5 Å². The Labute approximate surface area is 166 Å². The van der Waals surface area contributed by atoms with Crippen molar-refractivity contribution in [2.75, 3.05) is 0 Å². The van der Waals surface area contributed by atoms with Crippen molar-refractivity contribution in [2.24, 2.45) is 0 Å². The Bertz CT molecular complexity index is 1080. The van der Waals surface area contributed by atoms with E-state index in [0.717, 1.165) is 16.5 Å². The molecule has 2 atom stereocenters. The number of carbonyl (C=O) groups excluding carboxylic acids is 1. The van der Waals surface area contributed by atoms with E-state index in [0.29, 0.717) is 22.7 Å². The largest absolute Gasteiger partial charge is 0.481 e. The molecule has 7 heteroatoms. The number of carbonyl (C=O) groups is 2. The number of H-pyrrole nitrogens is 1. The van der Waals surface area contributed by atoms with E-state index in [2.05, 4.69) is 10.3 Å². The molecule has 144 valence electrons. The van der Waals surface area contributed by atoms with Crippen LogP contribution in [0.15, 0.2) is 48.5 Å². The lowest BCUT2D eigenvalue weighted by molar-refractivity contribution is -0.143. The van der Waals surface area contributed by atoms with Crippen LogP contribution in [0.4, 0.5) is 0 Å².